The fraction of sp³-hybridized carbons (Fsp3) is 0.312. The summed E-state index contributed by atoms with van der Waals surface area (Å²) in [5, 5.41) is 0. The number of benzene rings is 1. The van der Waals surface area contributed by atoms with E-state index in [1.165, 1.54) is 29.2 Å². The lowest BCUT2D eigenvalue weighted by molar-refractivity contribution is 0.0775. The molecular formula is C16H20N2O4S. The standard InChI is InChI=1S/C16H20N2O4S/c1-4-17-23(20,21)15-9-6-13(7-10-15)16(19)18(3)11-14-8-5-12(2)22-14/h5-10,17H,4,11H2,1-3H3. The topological polar surface area (TPSA) is 79.6 Å². The zero-order valence-electron chi connectivity index (χ0n) is 13.4. The van der Waals surface area contributed by atoms with Crippen molar-refractivity contribution in [3.05, 3.63) is 53.5 Å². The van der Waals surface area contributed by atoms with Gasteiger partial charge in [-0.05, 0) is 43.3 Å². The highest BCUT2D eigenvalue weighted by molar-refractivity contribution is 7.89. The van der Waals surface area contributed by atoms with Crippen LogP contribution in [0.2, 0.25) is 0 Å². The molecule has 0 saturated carbocycles. The number of carbonyl (C=O) groups excluding carboxylic acids is 1. The fourth-order valence-electron chi connectivity index (χ4n) is 2.15. The molecule has 0 saturated heterocycles. The van der Waals surface area contributed by atoms with Crippen LogP contribution < -0.4 is 4.72 Å². The third-order valence-corrected chi connectivity index (χ3v) is 4.84. The van der Waals surface area contributed by atoms with Crippen molar-refractivity contribution in [2.75, 3.05) is 13.6 Å². The van der Waals surface area contributed by atoms with Crippen LogP contribution in [0.3, 0.4) is 0 Å². The first-order chi connectivity index (χ1) is 10.8. The van der Waals surface area contributed by atoms with Gasteiger partial charge in [0.1, 0.15) is 11.5 Å². The first kappa shape index (κ1) is 17.2. The summed E-state index contributed by atoms with van der Waals surface area (Å²) < 4.78 is 31.6. The van der Waals surface area contributed by atoms with Gasteiger partial charge in [0.15, 0.2) is 0 Å². The zero-order valence-corrected chi connectivity index (χ0v) is 14.2. The second-order valence-electron chi connectivity index (χ2n) is 5.20. The Morgan fingerprint density at radius 2 is 1.83 bits per heavy atom. The van der Waals surface area contributed by atoms with Crippen LogP contribution >= 0.6 is 0 Å². The molecule has 0 fully saturated rings. The van der Waals surface area contributed by atoms with Crippen LogP contribution in [0, 0.1) is 6.92 Å². The molecule has 1 aromatic heterocycles. The van der Waals surface area contributed by atoms with Crippen LogP contribution in [0.15, 0.2) is 45.7 Å². The monoisotopic (exact) mass is 336 g/mol. The second kappa shape index (κ2) is 6.97. The fourth-order valence-corrected chi connectivity index (χ4v) is 3.19. The van der Waals surface area contributed by atoms with E-state index in [0.29, 0.717) is 24.4 Å². The van der Waals surface area contributed by atoms with Gasteiger partial charge < -0.3 is 9.32 Å². The van der Waals surface area contributed by atoms with Gasteiger partial charge in [0.25, 0.3) is 5.91 Å². The van der Waals surface area contributed by atoms with Gasteiger partial charge in [-0.25, -0.2) is 13.1 Å². The number of nitrogens with one attached hydrogen (secondary N) is 1. The second-order valence-corrected chi connectivity index (χ2v) is 6.97. The molecule has 7 heteroatoms. The maximum absolute atomic E-state index is 12.4. The highest BCUT2D eigenvalue weighted by Gasteiger charge is 2.16. The molecule has 1 N–H and O–H groups in total. The smallest absolute Gasteiger partial charge is 0.254 e. The van der Waals surface area contributed by atoms with E-state index in [9.17, 15) is 13.2 Å². The summed E-state index contributed by atoms with van der Waals surface area (Å²) in [5.41, 5.74) is 0.422. The predicted molar refractivity (Wildman–Crippen MR) is 86.5 cm³/mol. The molecule has 124 valence electrons. The highest BCUT2D eigenvalue weighted by atomic mass is 32.2. The van der Waals surface area contributed by atoms with Crippen LogP contribution in [0.4, 0.5) is 0 Å². The molecule has 2 aromatic rings. The Hall–Kier alpha value is -2.12. The maximum atomic E-state index is 12.4. The third kappa shape index (κ3) is 4.20. The van der Waals surface area contributed by atoms with E-state index in [1.807, 2.05) is 19.1 Å². The van der Waals surface area contributed by atoms with E-state index in [1.54, 1.807) is 14.0 Å². The van der Waals surface area contributed by atoms with Crippen molar-refractivity contribution in [1.82, 2.24) is 9.62 Å². The van der Waals surface area contributed by atoms with Crippen molar-refractivity contribution in [3.63, 3.8) is 0 Å². The first-order valence-electron chi connectivity index (χ1n) is 7.24. The number of hydrogen-bond acceptors (Lipinski definition) is 4. The largest absolute Gasteiger partial charge is 0.464 e. The van der Waals surface area contributed by atoms with Gasteiger partial charge in [0.2, 0.25) is 10.0 Å². The van der Waals surface area contributed by atoms with E-state index in [-0.39, 0.29) is 10.8 Å². The molecule has 1 amide bonds. The van der Waals surface area contributed by atoms with Gasteiger partial charge in [0.05, 0.1) is 11.4 Å². The summed E-state index contributed by atoms with van der Waals surface area (Å²) in [4.78, 5) is 14.0. The normalized spacial score (nSPS) is 11.4. The van der Waals surface area contributed by atoms with Crippen LogP contribution in [0.5, 0.6) is 0 Å². The van der Waals surface area contributed by atoms with Crippen LogP contribution in [0.1, 0.15) is 28.8 Å². The number of aryl methyl sites for hydroxylation is 1. The summed E-state index contributed by atoms with van der Waals surface area (Å²) >= 11 is 0. The molecule has 6 nitrogen and oxygen atoms in total. The quantitative estimate of drug-likeness (QED) is 0.876. The zero-order chi connectivity index (χ0) is 17.0. The molecular weight excluding hydrogens is 316 g/mol. The summed E-state index contributed by atoms with van der Waals surface area (Å²) in [5.74, 6) is 1.29. The molecule has 0 radical (unpaired) electrons. The highest BCUT2D eigenvalue weighted by Crippen LogP contribution is 2.14. The van der Waals surface area contributed by atoms with Crippen molar-refractivity contribution in [2.45, 2.75) is 25.3 Å². The Bertz CT molecular complexity index is 779. The Labute approximate surface area is 136 Å². The average Bonchev–Trinajstić information content (AvgIpc) is 2.91. The molecule has 1 aromatic carbocycles. The SMILES string of the molecule is CCNS(=O)(=O)c1ccc(C(=O)N(C)Cc2ccc(C)o2)cc1. The molecule has 0 unspecified atom stereocenters. The van der Waals surface area contributed by atoms with Crippen LogP contribution in [-0.4, -0.2) is 32.8 Å². The predicted octanol–water partition coefficient (Wildman–Crippen LogP) is 2.16. The molecule has 0 aliphatic rings. The number of rotatable bonds is 6. The molecule has 0 aliphatic heterocycles. The summed E-state index contributed by atoms with van der Waals surface area (Å²) in [6.45, 7) is 4.22. The Kier molecular flexibility index (Phi) is 5.23. The van der Waals surface area contributed by atoms with Gasteiger partial charge in [-0.3, -0.25) is 4.79 Å². The van der Waals surface area contributed by atoms with E-state index in [0.717, 1.165) is 5.76 Å². The van der Waals surface area contributed by atoms with Crippen molar-refractivity contribution < 1.29 is 17.6 Å². The number of carbonyl (C=O) groups is 1. The molecule has 0 atom stereocenters. The minimum Gasteiger partial charge on any atom is -0.464 e. The molecule has 0 spiro atoms. The number of hydrogen-bond donors (Lipinski definition) is 1. The van der Waals surface area contributed by atoms with E-state index in [2.05, 4.69) is 4.72 Å². The van der Waals surface area contributed by atoms with E-state index >= 15 is 0 Å². The molecule has 0 bridgehead atoms. The van der Waals surface area contributed by atoms with Gasteiger partial charge in [-0.1, -0.05) is 6.92 Å². The minimum absolute atomic E-state index is 0.139. The summed E-state index contributed by atoms with van der Waals surface area (Å²) in [6.07, 6.45) is 0. The van der Waals surface area contributed by atoms with Crippen molar-refractivity contribution in [1.29, 1.82) is 0 Å². The van der Waals surface area contributed by atoms with Gasteiger partial charge in [0, 0.05) is 19.2 Å². The Morgan fingerprint density at radius 3 is 2.35 bits per heavy atom. The Balaban J connectivity index is 2.10. The minimum atomic E-state index is -3.51. The first-order valence-corrected chi connectivity index (χ1v) is 8.72. The van der Waals surface area contributed by atoms with E-state index in [4.69, 9.17) is 4.42 Å². The third-order valence-electron chi connectivity index (χ3n) is 3.28. The van der Waals surface area contributed by atoms with Crippen LogP contribution in [-0.2, 0) is 16.6 Å². The molecule has 1 heterocycles. The number of nitrogens with zero attached hydrogens (tertiary/aromatic N) is 1. The van der Waals surface area contributed by atoms with Crippen molar-refractivity contribution in [3.8, 4) is 0 Å². The van der Waals surface area contributed by atoms with Gasteiger partial charge in [-0.15, -0.1) is 0 Å². The molecule has 0 aliphatic carbocycles. The number of amides is 1. The molecule has 2 rings (SSSR count). The number of furan rings is 1. The Morgan fingerprint density at radius 1 is 1.17 bits per heavy atom. The lowest BCUT2D eigenvalue weighted by Crippen LogP contribution is -2.26. The van der Waals surface area contributed by atoms with Crippen molar-refractivity contribution in [2.24, 2.45) is 0 Å². The summed E-state index contributed by atoms with van der Waals surface area (Å²) in [6, 6.07) is 9.54. The lowest BCUT2D eigenvalue weighted by atomic mass is 10.2. The van der Waals surface area contributed by atoms with Gasteiger partial charge in [-0.2, -0.15) is 0 Å². The maximum Gasteiger partial charge on any atom is 0.254 e. The number of sulfonamides is 1. The van der Waals surface area contributed by atoms with Crippen molar-refractivity contribution >= 4 is 15.9 Å². The average molecular weight is 336 g/mol. The van der Waals surface area contributed by atoms with E-state index < -0.39 is 10.0 Å². The molecule has 23 heavy (non-hydrogen) atoms. The summed E-state index contributed by atoms with van der Waals surface area (Å²) in [7, 11) is -1.84. The van der Waals surface area contributed by atoms with Crippen LogP contribution in [0.25, 0.3) is 0 Å². The lowest BCUT2D eigenvalue weighted by Gasteiger charge is -2.16. The van der Waals surface area contributed by atoms with Gasteiger partial charge >= 0.3 is 0 Å².